The molecule has 0 aromatic rings. The van der Waals surface area contributed by atoms with Crippen molar-refractivity contribution in [1.82, 2.24) is 5.32 Å². The highest BCUT2D eigenvalue weighted by molar-refractivity contribution is 4.98. The molecule has 2 atom stereocenters. The van der Waals surface area contributed by atoms with Crippen LogP contribution in [0.4, 0.5) is 0 Å². The van der Waals surface area contributed by atoms with Crippen LogP contribution in [0, 0.1) is 17.3 Å². The van der Waals surface area contributed by atoms with Crippen LogP contribution in [0.15, 0.2) is 0 Å². The van der Waals surface area contributed by atoms with E-state index in [1.165, 1.54) is 51.5 Å². The van der Waals surface area contributed by atoms with Gasteiger partial charge in [0, 0.05) is 19.3 Å². The van der Waals surface area contributed by atoms with Gasteiger partial charge in [-0.15, -0.1) is 0 Å². The van der Waals surface area contributed by atoms with E-state index in [-0.39, 0.29) is 0 Å². The fourth-order valence-electron chi connectivity index (χ4n) is 3.99. The van der Waals surface area contributed by atoms with Crippen LogP contribution in [-0.2, 0) is 4.74 Å². The Morgan fingerprint density at radius 1 is 1.18 bits per heavy atom. The lowest BCUT2D eigenvalue weighted by molar-refractivity contribution is 0.00384. The van der Waals surface area contributed by atoms with E-state index in [1.807, 2.05) is 0 Å². The number of hydrogen-bond acceptors (Lipinski definition) is 2. The molecule has 3 rings (SSSR count). The average Bonchev–Trinajstić information content (AvgIpc) is 3.13. The van der Waals surface area contributed by atoms with E-state index in [0.717, 1.165) is 31.1 Å². The Kier molecular flexibility index (Phi) is 3.45. The van der Waals surface area contributed by atoms with Gasteiger partial charge in [0.1, 0.15) is 0 Å². The zero-order chi connectivity index (χ0) is 11.7. The zero-order valence-corrected chi connectivity index (χ0v) is 11.2. The monoisotopic (exact) mass is 237 g/mol. The summed E-state index contributed by atoms with van der Waals surface area (Å²) in [6.45, 7) is 5.67. The Bertz CT molecular complexity index is 256. The maximum Gasteiger partial charge on any atom is 0.0471 e. The van der Waals surface area contributed by atoms with Crippen molar-refractivity contribution in [3.63, 3.8) is 0 Å². The number of ether oxygens (including phenoxy) is 1. The lowest BCUT2D eigenvalue weighted by atomic mass is 9.75. The van der Waals surface area contributed by atoms with Crippen LogP contribution < -0.4 is 5.32 Å². The molecule has 0 radical (unpaired) electrons. The number of rotatable bonds is 4. The highest BCUT2D eigenvalue weighted by Gasteiger charge is 2.43. The minimum Gasteiger partial charge on any atom is -0.381 e. The number of hydrogen-bond donors (Lipinski definition) is 1. The third-order valence-corrected chi connectivity index (χ3v) is 5.51. The van der Waals surface area contributed by atoms with Crippen LogP contribution in [0.25, 0.3) is 0 Å². The van der Waals surface area contributed by atoms with Crippen molar-refractivity contribution < 1.29 is 4.74 Å². The lowest BCUT2D eigenvalue weighted by Gasteiger charge is -2.39. The molecule has 2 nitrogen and oxygen atoms in total. The van der Waals surface area contributed by atoms with Crippen molar-refractivity contribution in [2.24, 2.45) is 17.3 Å². The summed E-state index contributed by atoms with van der Waals surface area (Å²) in [6, 6.07) is 0.785. The zero-order valence-electron chi connectivity index (χ0n) is 11.2. The van der Waals surface area contributed by atoms with Gasteiger partial charge in [0.2, 0.25) is 0 Å². The van der Waals surface area contributed by atoms with Gasteiger partial charge in [-0.25, -0.2) is 0 Å². The van der Waals surface area contributed by atoms with Crippen molar-refractivity contribution in [2.75, 3.05) is 19.8 Å². The van der Waals surface area contributed by atoms with Crippen molar-refractivity contribution in [1.29, 1.82) is 0 Å². The molecule has 1 saturated heterocycles. The van der Waals surface area contributed by atoms with Crippen molar-refractivity contribution >= 4 is 0 Å². The summed E-state index contributed by atoms with van der Waals surface area (Å²) >= 11 is 0. The van der Waals surface area contributed by atoms with E-state index in [2.05, 4.69) is 12.2 Å². The van der Waals surface area contributed by atoms with Crippen LogP contribution in [0.3, 0.4) is 0 Å². The van der Waals surface area contributed by atoms with E-state index in [0.29, 0.717) is 5.41 Å². The van der Waals surface area contributed by atoms with Gasteiger partial charge in [0.25, 0.3) is 0 Å². The van der Waals surface area contributed by atoms with Crippen LogP contribution >= 0.6 is 0 Å². The maximum absolute atomic E-state index is 5.55. The first-order chi connectivity index (χ1) is 8.30. The van der Waals surface area contributed by atoms with E-state index in [1.54, 1.807) is 0 Å². The molecule has 2 heteroatoms. The molecule has 3 aliphatic rings. The molecule has 17 heavy (non-hydrogen) atoms. The molecule has 0 amide bonds. The smallest absolute Gasteiger partial charge is 0.0471 e. The first-order valence-corrected chi connectivity index (χ1v) is 7.61. The van der Waals surface area contributed by atoms with Gasteiger partial charge < -0.3 is 10.1 Å². The van der Waals surface area contributed by atoms with Crippen molar-refractivity contribution in [3.05, 3.63) is 0 Å². The predicted molar refractivity (Wildman–Crippen MR) is 70.0 cm³/mol. The Morgan fingerprint density at radius 2 is 1.94 bits per heavy atom. The molecule has 0 aromatic heterocycles. The summed E-state index contributed by atoms with van der Waals surface area (Å²) in [5.74, 6) is 1.93. The van der Waals surface area contributed by atoms with Gasteiger partial charge in [-0.3, -0.25) is 0 Å². The quantitative estimate of drug-likeness (QED) is 0.811. The normalized spacial score (nSPS) is 34.1. The van der Waals surface area contributed by atoms with E-state index in [4.69, 9.17) is 4.74 Å². The highest BCUT2D eigenvalue weighted by atomic mass is 16.5. The van der Waals surface area contributed by atoms with Gasteiger partial charge >= 0.3 is 0 Å². The van der Waals surface area contributed by atoms with E-state index >= 15 is 0 Å². The second kappa shape index (κ2) is 4.89. The van der Waals surface area contributed by atoms with Gasteiger partial charge in [-0.05, 0) is 62.3 Å². The SMILES string of the molecule is CC(CNC1CCCC12CCOCC2)C1CC1. The molecule has 0 bridgehead atoms. The van der Waals surface area contributed by atoms with Crippen LogP contribution in [0.1, 0.15) is 51.9 Å². The standard InChI is InChI=1S/C15H27NO/c1-12(13-4-5-13)11-16-14-3-2-6-15(14)7-9-17-10-8-15/h12-14,16H,2-11H2,1H3. The van der Waals surface area contributed by atoms with Gasteiger partial charge in [-0.2, -0.15) is 0 Å². The van der Waals surface area contributed by atoms with Crippen LogP contribution in [0.5, 0.6) is 0 Å². The highest BCUT2D eigenvalue weighted by Crippen LogP contribution is 2.46. The average molecular weight is 237 g/mol. The third-order valence-electron chi connectivity index (χ3n) is 5.51. The van der Waals surface area contributed by atoms with Crippen LogP contribution in [-0.4, -0.2) is 25.8 Å². The summed E-state index contributed by atoms with van der Waals surface area (Å²) in [5, 5.41) is 3.91. The second-order valence-corrected chi connectivity index (χ2v) is 6.64. The first kappa shape index (κ1) is 12.0. The summed E-state index contributed by atoms with van der Waals surface area (Å²) in [4.78, 5) is 0. The fraction of sp³-hybridized carbons (Fsp3) is 1.00. The molecule has 2 saturated carbocycles. The molecular formula is C15H27NO. The minimum absolute atomic E-state index is 0.599. The summed E-state index contributed by atoms with van der Waals surface area (Å²) in [7, 11) is 0. The molecule has 1 aliphatic heterocycles. The maximum atomic E-state index is 5.55. The van der Waals surface area contributed by atoms with E-state index in [9.17, 15) is 0 Å². The topological polar surface area (TPSA) is 21.3 Å². The molecular weight excluding hydrogens is 210 g/mol. The Morgan fingerprint density at radius 3 is 2.65 bits per heavy atom. The molecule has 1 N–H and O–H groups in total. The van der Waals surface area contributed by atoms with Gasteiger partial charge in [0.05, 0.1) is 0 Å². The third kappa shape index (κ3) is 2.53. The van der Waals surface area contributed by atoms with Gasteiger partial charge in [-0.1, -0.05) is 13.3 Å². The van der Waals surface area contributed by atoms with Crippen molar-refractivity contribution in [2.45, 2.75) is 57.9 Å². The molecule has 2 unspecified atom stereocenters. The predicted octanol–water partition coefficient (Wildman–Crippen LogP) is 2.97. The Balaban J connectivity index is 1.53. The molecule has 2 aliphatic carbocycles. The molecule has 1 spiro atoms. The molecule has 0 aromatic carbocycles. The summed E-state index contributed by atoms with van der Waals surface area (Å²) in [6.07, 6.45) is 9.81. The second-order valence-electron chi connectivity index (χ2n) is 6.64. The van der Waals surface area contributed by atoms with E-state index < -0.39 is 0 Å². The first-order valence-electron chi connectivity index (χ1n) is 7.61. The summed E-state index contributed by atoms with van der Waals surface area (Å²) < 4.78 is 5.55. The number of nitrogens with one attached hydrogen (secondary N) is 1. The van der Waals surface area contributed by atoms with Crippen molar-refractivity contribution in [3.8, 4) is 0 Å². The molecule has 1 heterocycles. The van der Waals surface area contributed by atoms with Gasteiger partial charge in [0.15, 0.2) is 0 Å². The molecule has 3 fully saturated rings. The lowest BCUT2D eigenvalue weighted by Crippen LogP contribution is -2.46. The van der Waals surface area contributed by atoms with Crippen LogP contribution in [0.2, 0.25) is 0 Å². The Hall–Kier alpha value is -0.0800. The summed E-state index contributed by atoms with van der Waals surface area (Å²) in [5.41, 5.74) is 0.599. The molecule has 98 valence electrons. The fourth-order valence-corrected chi connectivity index (χ4v) is 3.99. The minimum atomic E-state index is 0.599. The Labute approximate surface area is 105 Å². The largest absolute Gasteiger partial charge is 0.381 e.